The van der Waals surface area contributed by atoms with Crippen LogP contribution in [0, 0.1) is 0 Å². The number of hydrogen-bond donors (Lipinski definition) is 2. The van der Waals surface area contributed by atoms with E-state index in [1.807, 2.05) is 91.0 Å². The molecule has 0 unspecified atom stereocenters. The minimum absolute atomic E-state index is 0.103. The Bertz CT molecular complexity index is 926. The smallest absolute Gasteiger partial charge is 0.156 e. The number of thioether (sulfide) groups is 2. The van der Waals surface area contributed by atoms with Crippen LogP contribution < -0.4 is 0 Å². The molecule has 1 saturated heterocycles. The van der Waals surface area contributed by atoms with E-state index < -0.39 is 23.2 Å². The third-order valence-electron chi connectivity index (χ3n) is 5.14. The molecule has 0 radical (unpaired) electrons. The molecule has 3 aromatic carbocycles. The molecule has 162 valence electrons. The fourth-order valence-corrected chi connectivity index (χ4v) is 5.93. The second-order valence-corrected chi connectivity index (χ2v) is 9.83. The Morgan fingerprint density at radius 3 is 2.06 bits per heavy atom. The number of aliphatic hydroxyl groups is 2. The zero-order valence-electron chi connectivity index (χ0n) is 17.0. The van der Waals surface area contributed by atoms with E-state index in [9.17, 15) is 10.2 Å². The van der Waals surface area contributed by atoms with Gasteiger partial charge in [-0.3, -0.25) is 0 Å². The summed E-state index contributed by atoms with van der Waals surface area (Å²) in [5.74, 6) is 0.510. The molecular weight excluding hydrogens is 428 g/mol. The van der Waals surface area contributed by atoms with E-state index in [1.165, 1.54) is 11.8 Å². The Morgan fingerprint density at radius 2 is 1.42 bits per heavy atom. The lowest BCUT2D eigenvalue weighted by molar-refractivity contribution is -0.212. The molecule has 0 bridgehead atoms. The summed E-state index contributed by atoms with van der Waals surface area (Å²) in [6.45, 7) is 0.420. The van der Waals surface area contributed by atoms with Gasteiger partial charge in [0.05, 0.1) is 13.2 Å². The lowest BCUT2D eigenvalue weighted by Crippen LogP contribution is -2.61. The van der Waals surface area contributed by atoms with Gasteiger partial charge in [0.1, 0.15) is 18.3 Å². The Hall–Kier alpha value is -1.80. The van der Waals surface area contributed by atoms with Crippen molar-refractivity contribution in [3.05, 3.63) is 96.6 Å². The van der Waals surface area contributed by atoms with E-state index in [0.29, 0.717) is 12.4 Å². The van der Waals surface area contributed by atoms with E-state index >= 15 is 0 Å². The number of benzene rings is 3. The minimum Gasteiger partial charge on any atom is -0.388 e. The molecule has 4 atom stereocenters. The molecule has 4 rings (SSSR count). The summed E-state index contributed by atoms with van der Waals surface area (Å²) in [4.78, 5) is 1.13. The first-order valence-electron chi connectivity index (χ1n) is 10.2. The van der Waals surface area contributed by atoms with Gasteiger partial charge in [-0.05, 0) is 29.8 Å². The van der Waals surface area contributed by atoms with Gasteiger partial charge in [-0.2, -0.15) is 0 Å². The fourth-order valence-electron chi connectivity index (χ4n) is 3.47. The fraction of sp³-hybridized carbons (Fsp3) is 0.280. The molecule has 6 heteroatoms. The van der Waals surface area contributed by atoms with Gasteiger partial charge in [-0.15, -0.1) is 11.8 Å². The molecule has 0 spiro atoms. The lowest BCUT2D eigenvalue weighted by atomic mass is 10.00. The first kappa shape index (κ1) is 22.4. The van der Waals surface area contributed by atoms with E-state index in [0.717, 1.165) is 15.4 Å². The van der Waals surface area contributed by atoms with Gasteiger partial charge in [-0.1, -0.05) is 78.5 Å². The van der Waals surface area contributed by atoms with Crippen LogP contribution in [0.3, 0.4) is 0 Å². The molecule has 0 aliphatic carbocycles. The molecule has 1 fully saturated rings. The molecule has 2 N–H and O–H groups in total. The van der Waals surface area contributed by atoms with Crippen molar-refractivity contribution in [3.8, 4) is 0 Å². The first-order chi connectivity index (χ1) is 15.2. The van der Waals surface area contributed by atoms with Gasteiger partial charge in [0, 0.05) is 15.5 Å². The molecule has 0 aromatic heterocycles. The molecule has 3 aromatic rings. The quantitative estimate of drug-likeness (QED) is 0.485. The zero-order chi connectivity index (χ0) is 21.5. The molecule has 31 heavy (non-hydrogen) atoms. The highest BCUT2D eigenvalue weighted by Crippen LogP contribution is 2.45. The second-order valence-electron chi connectivity index (χ2n) is 7.41. The molecule has 0 saturated carbocycles. The van der Waals surface area contributed by atoms with Crippen LogP contribution in [0.2, 0.25) is 0 Å². The maximum absolute atomic E-state index is 11.4. The van der Waals surface area contributed by atoms with Crippen LogP contribution >= 0.6 is 23.5 Å². The average Bonchev–Trinajstić information content (AvgIpc) is 2.82. The van der Waals surface area contributed by atoms with E-state index in [2.05, 4.69) is 0 Å². The Kier molecular flexibility index (Phi) is 7.72. The summed E-state index contributed by atoms with van der Waals surface area (Å²) in [6, 6.07) is 29.7. The number of aliphatic hydroxyl groups excluding tert-OH is 2. The standard InChI is InChI=1S/C25H26O4S2/c26-22-17-29-25(31-21-14-8-3-9-15-21,18-30-20-12-6-2-7-13-20)24(27)23(22)28-16-19-10-4-1-5-11-19/h1-15,22-24,26-27H,16-18H2/t22-,23-,24+,25+/m1/s1. The summed E-state index contributed by atoms with van der Waals surface area (Å²) in [7, 11) is 0. The number of rotatable bonds is 8. The van der Waals surface area contributed by atoms with Crippen molar-refractivity contribution in [2.45, 2.75) is 39.6 Å². The molecule has 1 aliphatic heterocycles. The van der Waals surface area contributed by atoms with Crippen molar-refractivity contribution in [2.75, 3.05) is 12.4 Å². The third-order valence-corrected chi connectivity index (χ3v) is 7.86. The SMILES string of the molecule is O[C@@H]1CO[C@@](CSc2ccccc2)(Sc2ccccc2)[C@@H](O)[C@@H]1OCc1ccccc1. The van der Waals surface area contributed by atoms with Gasteiger partial charge in [0.15, 0.2) is 4.93 Å². The number of ether oxygens (including phenoxy) is 2. The van der Waals surface area contributed by atoms with Gasteiger partial charge < -0.3 is 19.7 Å². The van der Waals surface area contributed by atoms with Crippen molar-refractivity contribution in [3.63, 3.8) is 0 Å². The van der Waals surface area contributed by atoms with Gasteiger partial charge in [0.25, 0.3) is 0 Å². The van der Waals surface area contributed by atoms with Crippen molar-refractivity contribution < 1.29 is 19.7 Å². The molecular formula is C25H26O4S2. The summed E-state index contributed by atoms with van der Waals surface area (Å²) in [5.41, 5.74) is 0.994. The topological polar surface area (TPSA) is 58.9 Å². The molecule has 0 amide bonds. The van der Waals surface area contributed by atoms with Crippen molar-refractivity contribution >= 4 is 23.5 Å². The second kappa shape index (κ2) is 10.7. The van der Waals surface area contributed by atoms with Crippen LogP contribution in [-0.2, 0) is 16.1 Å². The Labute approximate surface area is 191 Å². The van der Waals surface area contributed by atoms with E-state index in [1.54, 1.807) is 11.8 Å². The molecule has 1 heterocycles. The monoisotopic (exact) mass is 454 g/mol. The predicted octanol–water partition coefficient (Wildman–Crippen LogP) is 4.60. The van der Waals surface area contributed by atoms with Crippen LogP contribution in [-0.4, -0.2) is 45.8 Å². The van der Waals surface area contributed by atoms with Crippen LogP contribution in [0.1, 0.15) is 5.56 Å². The predicted molar refractivity (Wildman–Crippen MR) is 125 cm³/mol. The van der Waals surface area contributed by atoms with Crippen LogP contribution in [0.15, 0.2) is 101 Å². The van der Waals surface area contributed by atoms with Crippen LogP contribution in [0.4, 0.5) is 0 Å². The summed E-state index contributed by atoms with van der Waals surface area (Å²) < 4.78 is 12.2. The van der Waals surface area contributed by atoms with E-state index in [4.69, 9.17) is 9.47 Å². The third kappa shape index (κ3) is 5.71. The van der Waals surface area contributed by atoms with Crippen LogP contribution in [0.5, 0.6) is 0 Å². The number of hydrogen-bond acceptors (Lipinski definition) is 6. The molecule has 1 aliphatic rings. The first-order valence-corrected chi connectivity index (χ1v) is 12.0. The zero-order valence-corrected chi connectivity index (χ0v) is 18.7. The highest BCUT2D eigenvalue weighted by atomic mass is 32.2. The van der Waals surface area contributed by atoms with Crippen molar-refractivity contribution in [2.24, 2.45) is 0 Å². The maximum atomic E-state index is 11.4. The van der Waals surface area contributed by atoms with Crippen LogP contribution in [0.25, 0.3) is 0 Å². The normalized spacial score (nSPS) is 25.9. The highest BCUT2D eigenvalue weighted by molar-refractivity contribution is 8.03. The van der Waals surface area contributed by atoms with Gasteiger partial charge in [-0.25, -0.2) is 0 Å². The van der Waals surface area contributed by atoms with Gasteiger partial charge >= 0.3 is 0 Å². The largest absolute Gasteiger partial charge is 0.388 e. The Morgan fingerprint density at radius 1 is 0.839 bits per heavy atom. The van der Waals surface area contributed by atoms with Crippen molar-refractivity contribution in [1.29, 1.82) is 0 Å². The lowest BCUT2D eigenvalue weighted by Gasteiger charge is -2.46. The molecule has 4 nitrogen and oxygen atoms in total. The van der Waals surface area contributed by atoms with Crippen molar-refractivity contribution in [1.82, 2.24) is 0 Å². The maximum Gasteiger partial charge on any atom is 0.156 e. The summed E-state index contributed by atoms with van der Waals surface area (Å²) in [5, 5.41) is 22.0. The summed E-state index contributed by atoms with van der Waals surface area (Å²) in [6.07, 6.45) is -2.66. The summed E-state index contributed by atoms with van der Waals surface area (Å²) >= 11 is 3.11. The van der Waals surface area contributed by atoms with Gasteiger partial charge in [0.2, 0.25) is 0 Å². The highest BCUT2D eigenvalue weighted by Gasteiger charge is 2.51. The Balaban J connectivity index is 1.55. The minimum atomic E-state index is -1.01. The average molecular weight is 455 g/mol. The van der Waals surface area contributed by atoms with E-state index in [-0.39, 0.29) is 6.61 Å².